The van der Waals surface area contributed by atoms with Gasteiger partial charge < -0.3 is 16.0 Å². The van der Waals surface area contributed by atoms with Crippen LogP contribution in [0.4, 0.5) is 17.1 Å². The summed E-state index contributed by atoms with van der Waals surface area (Å²) in [5, 5.41) is 3.70. The second-order valence-corrected chi connectivity index (χ2v) is 8.50. The van der Waals surface area contributed by atoms with Gasteiger partial charge in [-0.1, -0.05) is 37.0 Å². The van der Waals surface area contributed by atoms with E-state index in [9.17, 15) is 4.79 Å². The van der Waals surface area contributed by atoms with Crippen LogP contribution in [0.15, 0.2) is 30.3 Å². The topological polar surface area (TPSA) is 58.4 Å². The molecule has 6 heteroatoms. The van der Waals surface area contributed by atoms with Crippen LogP contribution in [-0.2, 0) is 0 Å². The average Bonchev–Trinajstić information content (AvgIpc) is 2.56. The number of carbonyl (C=O) groups is 1. The van der Waals surface area contributed by atoms with Crippen LogP contribution in [0.2, 0.25) is 10.0 Å². The predicted octanol–water partition coefficient (Wildman–Crippen LogP) is 5.62. The molecule has 0 saturated carbocycles. The number of nitrogens with zero attached hydrogens (tertiary/aromatic N) is 1. The van der Waals surface area contributed by atoms with Crippen molar-refractivity contribution in [3.63, 3.8) is 0 Å². The Bertz CT molecular complexity index is 859. The minimum atomic E-state index is -0.307. The van der Waals surface area contributed by atoms with Crippen LogP contribution in [-0.4, -0.2) is 19.0 Å². The highest BCUT2D eigenvalue weighted by Gasteiger charge is 2.24. The van der Waals surface area contributed by atoms with Gasteiger partial charge in [-0.05, 0) is 61.1 Å². The van der Waals surface area contributed by atoms with Gasteiger partial charge in [0.15, 0.2) is 0 Å². The zero-order chi connectivity index (χ0) is 19.7. The number of benzene rings is 2. The van der Waals surface area contributed by atoms with Crippen LogP contribution < -0.4 is 16.0 Å². The predicted molar refractivity (Wildman–Crippen MR) is 115 cm³/mol. The second-order valence-electron chi connectivity index (χ2n) is 7.66. The van der Waals surface area contributed by atoms with Crippen molar-refractivity contribution in [3.05, 3.63) is 51.5 Å². The molecule has 1 aliphatic heterocycles. The molecule has 1 saturated heterocycles. The number of carbonyl (C=O) groups excluding carboxylic acids is 1. The molecule has 27 heavy (non-hydrogen) atoms. The van der Waals surface area contributed by atoms with E-state index in [2.05, 4.69) is 31.0 Å². The number of nitrogens with one attached hydrogen (secondary N) is 1. The Hall–Kier alpha value is -1.91. The molecule has 0 aromatic heterocycles. The molecule has 0 radical (unpaired) electrons. The lowest BCUT2D eigenvalue weighted by molar-refractivity contribution is 0.102. The molecule has 1 amide bonds. The van der Waals surface area contributed by atoms with Gasteiger partial charge in [0, 0.05) is 23.8 Å². The third-order valence-electron chi connectivity index (χ3n) is 5.00. The first kappa shape index (κ1) is 19.8. The maximum absolute atomic E-state index is 12.7. The van der Waals surface area contributed by atoms with Gasteiger partial charge in [-0.3, -0.25) is 4.79 Å². The highest BCUT2D eigenvalue weighted by molar-refractivity contribution is 6.37. The minimum Gasteiger partial charge on any atom is -0.397 e. The van der Waals surface area contributed by atoms with E-state index in [1.807, 2.05) is 12.1 Å². The lowest BCUT2D eigenvalue weighted by atomic mass is 9.91. The molecule has 2 aromatic rings. The molecule has 0 bridgehead atoms. The molecule has 1 aliphatic rings. The quantitative estimate of drug-likeness (QED) is 0.651. The number of anilines is 3. The molecule has 3 N–H and O–H groups in total. The normalized spacial score (nSPS) is 19.8. The van der Waals surface area contributed by atoms with Crippen LogP contribution in [0.5, 0.6) is 0 Å². The van der Waals surface area contributed by atoms with E-state index in [0.717, 1.165) is 24.3 Å². The molecule has 144 valence electrons. The number of nitrogens with two attached hydrogens (primary N) is 1. The van der Waals surface area contributed by atoms with Gasteiger partial charge in [0.05, 0.1) is 22.0 Å². The fourth-order valence-electron chi connectivity index (χ4n) is 3.89. The van der Waals surface area contributed by atoms with Crippen LogP contribution in [0.1, 0.15) is 36.2 Å². The molecule has 0 spiro atoms. The average molecular weight is 406 g/mol. The fraction of sp³-hybridized carbons (Fsp3) is 0.381. The van der Waals surface area contributed by atoms with E-state index >= 15 is 0 Å². The Labute approximate surface area is 170 Å². The number of nitrogen functional groups attached to an aromatic ring is 1. The lowest BCUT2D eigenvalue weighted by Crippen LogP contribution is -2.39. The molecular weight excluding hydrogens is 381 g/mol. The lowest BCUT2D eigenvalue weighted by Gasteiger charge is -2.37. The fourth-order valence-corrected chi connectivity index (χ4v) is 4.38. The zero-order valence-corrected chi connectivity index (χ0v) is 17.4. The van der Waals surface area contributed by atoms with E-state index in [4.69, 9.17) is 28.9 Å². The Balaban J connectivity index is 1.88. The van der Waals surface area contributed by atoms with Crippen LogP contribution in [0.3, 0.4) is 0 Å². The SMILES string of the molecule is Cc1cc(N)c(NC(=O)c2ccc(Cl)cc2Cl)cc1N1CC(C)CC(C)C1. The number of halogens is 2. The van der Waals surface area contributed by atoms with Crippen LogP contribution in [0.25, 0.3) is 0 Å². The summed E-state index contributed by atoms with van der Waals surface area (Å²) in [6, 6.07) is 8.69. The molecule has 2 unspecified atom stereocenters. The molecule has 1 fully saturated rings. The monoisotopic (exact) mass is 405 g/mol. The number of hydrogen-bond donors (Lipinski definition) is 2. The molecule has 2 atom stereocenters. The van der Waals surface area contributed by atoms with Gasteiger partial charge in [0.25, 0.3) is 5.91 Å². The third-order valence-corrected chi connectivity index (χ3v) is 5.55. The van der Waals surface area contributed by atoms with Gasteiger partial charge in [-0.2, -0.15) is 0 Å². The Kier molecular flexibility index (Phi) is 5.87. The first-order chi connectivity index (χ1) is 12.7. The van der Waals surface area contributed by atoms with Crippen LogP contribution in [0, 0.1) is 18.8 Å². The Morgan fingerprint density at radius 3 is 2.44 bits per heavy atom. The van der Waals surface area contributed by atoms with Crippen molar-refractivity contribution in [1.82, 2.24) is 0 Å². The second kappa shape index (κ2) is 7.99. The smallest absolute Gasteiger partial charge is 0.257 e. The Morgan fingerprint density at radius 2 is 1.81 bits per heavy atom. The third kappa shape index (κ3) is 4.50. The first-order valence-corrected chi connectivity index (χ1v) is 9.91. The number of rotatable bonds is 3. The van der Waals surface area contributed by atoms with E-state index in [1.54, 1.807) is 18.2 Å². The molecule has 2 aromatic carbocycles. The zero-order valence-electron chi connectivity index (χ0n) is 15.9. The van der Waals surface area contributed by atoms with Crippen molar-refractivity contribution >= 4 is 46.2 Å². The maximum Gasteiger partial charge on any atom is 0.257 e. The highest BCUT2D eigenvalue weighted by Crippen LogP contribution is 2.34. The summed E-state index contributed by atoms with van der Waals surface area (Å²) < 4.78 is 0. The summed E-state index contributed by atoms with van der Waals surface area (Å²) in [6.07, 6.45) is 1.24. The summed E-state index contributed by atoms with van der Waals surface area (Å²) in [5.74, 6) is 0.965. The minimum absolute atomic E-state index is 0.307. The number of hydrogen-bond acceptors (Lipinski definition) is 3. The summed E-state index contributed by atoms with van der Waals surface area (Å²) >= 11 is 12.1. The Morgan fingerprint density at radius 1 is 1.15 bits per heavy atom. The molecule has 3 rings (SSSR count). The van der Waals surface area contributed by atoms with Crippen molar-refractivity contribution in [2.24, 2.45) is 11.8 Å². The van der Waals surface area contributed by atoms with Gasteiger partial charge in [-0.15, -0.1) is 0 Å². The van der Waals surface area contributed by atoms with Gasteiger partial charge in [0.1, 0.15) is 0 Å². The maximum atomic E-state index is 12.7. The van der Waals surface area contributed by atoms with Gasteiger partial charge >= 0.3 is 0 Å². The number of piperidine rings is 1. The van der Waals surface area contributed by atoms with Crippen molar-refractivity contribution in [2.75, 3.05) is 29.0 Å². The van der Waals surface area contributed by atoms with Crippen LogP contribution >= 0.6 is 23.2 Å². The number of aryl methyl sites for hydroxylation is 1. The summed E-state index contributed by atoms with van der Waals surface area (Å²) in [6.45, 7) is 8.62. The highest BCUT2D eigenvalue weighted by atomic mass is 35.5. The number of amides is 1. The molecule has 0 aliphatic carbocycles. The van der Waals surface area contributed by atoms with E-state index in [1.165, 1.54) is 6.42 Å². The molecular formula is C21H25Cl2N3O. The molecule has 1 heterocycles. The van der Waals surface area contributed by atoms with E-state index in [0.29, 0.717) is 38.8 Å². The van der Waals surface area contributed by atoms with Crippen molar-refractivity contribution in [3.8, 4) is 0 Å². The first-order valence-electron chi connectivity index (χ1n) is 9.16. The summed E-state index contributed by atoms with van der Waals surface area (Å²) in [5.41, 5.74) is 9.89. The summed E-state index contributed by atoms with van der Waals surface area (Å²) in [7, 11) is 0. The van der Waals surface area contributed by atoms with Crippen molar-refractivity contribution in [2.45, 2.75) is 27.2 Å². The standard InChI is InChI=1S/C21H25Cl2N3O/c1-12-6-13(2)11-26(10-12)20-9-19(18(24)7-14(20)3)25-21(27)16-5-4-15(22)8-17(16)23/h4-5,7-9,12-13H,6,10-11,24H2,1-3H3,(H,25,27). The van der Waals surface area contributed by atoms with Crippen molar-refractivity contribution in [1.29, 1.82) is 0 Å². The van der Waals surface area contributed by atoms with E-state index in [-0.39, 0.29) is 5.91 Å². The van der Waals surface area contributed by atoms with Crippen molar-refractivity contribution < 1.29 is 4.79 Å². The summed E-state index contributed by atoms with van der Waals surface area (Å²) in [4.78, 5) is 15.1. The van der Waals surface area contributed by atoms with E-state index < -0.39 is 0 Å². The molecule has 4 nitrogen and oxygen atoms in total. The largest absolute Gasteiger partial charge is 0.397 e. The van der Waals surface area contributed by atoms with Gasteiger partial charge in [-0.25, -0.2) is 0 Å². The van der Waals surface area contributed by atoms with Gasteiger partial charge in [0.2, 0.25) is 0 Å².